The smallest absolute Gasteiger partial charge is 0.125 e. The van der Waals surface area contributed by atoms with Gasteiger partial charge in [0.05, 0.1) is 0 Å². The van der Waals surface area contributed by atoms with Gasteiger partial charge in [0, 0.05) is 23.3 Å². The molecule has 4 heteroatoms. The largest absolute Gasteiger partial charge is 0.491 e. The van der Waals surface area contributed by atoms with E-state index in [9.17, 15) is 0 Å². The molecule has 0 unspecified atom stereocenters. The molecular weight excluding hydrogens is 214 g/mol. The Labute approximate surface area is 102 Å². The third-order valence-electron chi connectivity index (χ3n) is 3.38. The maximum absolute atomic E-state index is 5.87. The lowest BCUT2D eigenvalue weighted by Gasteiger charge is -2.25. The summed E-state index contributed by atoms with van der Waals surface area (Å²) >= 11 is 0. The van der Waals surface area contributed by atoms with Crippen LogP contribution in [0.4, 0.5) is 5.69 Å². The van der Waals surface area contributed by atoms with Gasteiger partial charge < -0.3 is 21.5 Å². The van der Waals surface area contributed by atoms with Crippen molar-refractivity contribution in [2.75, 3.05) is 18.9 Å². The van der Waals surface area contributed by atoms with Crippen LogP contribution in [0.1, 0.15) is 25.3 Å². The second kappa shape index (κ2) is 4.94. The summed E-state index contributed by atoms with van der Waals surface area (Å²) in [5, 5.41) is 3.47. The average Bonchev–Trinajstić information content (AvgIpc) is 2.74. The molecule has 1 fully saturated rings. The molecule has 0 saturated carbocycles. The third-order valence-corrected chi connectivity index (χ3v) is 3.38. The number of nitrogens with two attached hydrogens (primary N) is 2. The Morgan fingerprint density at radius 3 is 2.94 bits per heavy atom. The van der Waals surface area contributed by atoms with Crippen molar-refractivity contribution in [1.82, 2.24) is 5.32 Å². The van der Waals surface area contributed by atoms with Crippen molar-refractivity contribution in [1.29, 1.82) is 0 Å². The van der Waals surface area contributed by atoms with Gasteiger partial charge in [-0.15, -0.1) is 0 Å². The van der Waals surface area contributed by atoms with Crippen LogP contribution < -0.4 is 21.5 Å². The van der Waals surface area contributed by atoms with E-state index in [2.05, 4.69) is 12.2 Å². The third kappa shape index (κ3) is 2.70. The Balaban J connectivity index is 2.06. The molecule has 0 aliphatic carbocycles. The number of anilines is 1. The summed E-state index contributed by atoms with van der Waals surface area (Å²) in [6, 6.07) is 5.68. The standard InChI is InChI=1S/C13H21N3O/c1-13(6-3-7-16-13)9-17-12-5-2-4-11(15)10(12)8-14/h2,4-5,16H,3,6-9,14-15H2,1H3/t13-/m0/s1. The minimum atomic E-state index is 0.0798. The van der Waals surface area contributed by atoms with Crippen LogP contribution in [-0.2, 0) is 6.54 Å². The van der Waals surface area contributed by atoms with Crippen molar-refractivity contribution in [2.24, 2.45) is 5.73 Å². The highest BCUT2D eigenvalue weighted by Gasteiger charge is 2.28. The van der Waals surface area contributed by atoms with E-state index < -0.39 is 0 Å². The fourth-order valence-electron chi connectivity index (χ4n) is 2.25. The predicted molar refractivity (Wildman–Crippen MR) is 69.9 cm³/mol. The summed E-state index contributed by atoms with van der Waals surface area (Å²) in [5.74, 6) is 0.808. The monoisotopic (exact) mass is 235 g/mol. The van der Waals surface area contributed by atoms with E-state index in [1.54, 1.807) is 0 Å². The Morgan fingerprint density at radius 1 is 1.47 bits per heavy atom. The molecule has 0 amide bonds. The Hall–Kier alpha value is -1.26. The van der Waals surface area contributed by atoms with Gasteiger partial charge in [-0.25, -0.2) is 0 Å². The summed E-state index contributed by atoms with van der Waals surface area (Å²) in [6.07, 6.45) is 2.35. The van der Waals surface area contributed by atoms with Gasteiger partial charge in [-0.05, 0) is 38.4 Å². The number of hydrogen-bond acceptors (Lipinski definition) is 4. The van der Waals surface area contributed by atoms with E-state index in [1.165, 1.54) is 6.42 Å². The molecule has 1 saturated heterocycles. The van der Waals surface area contributed by atoms with E-state index >= 15 is 0 Å². The molecule has 1 aliphatic heterocycles. The van der Waals surface area contributed by atoms with E-state index in [0.717, 1.165) is 24.3 Å². The molecule has 1 aromatic rings. The molecule has 1 atom stereocenters. The summed E-state index contributed by atoms with van der Waals surface area (Å²) in [5.41, 5.74) is 13.2. The van der Waals surface area contributed by atoms with Gasteiger partial charge in [-0.3, -0.25) is 0 Å². The Morgan fingerprint density at radius 2 is 2.29 bits per heavy atom. The second-order valence-electron chi connectivity index (χ2n) is 4.91. The van der Waals surface area contributed by atoms with Gasteiger partial charge in [0.25, 0.3) is 0 Å². The van der Waals surface area contributed by atoms with Gasteiger partial charge in [0.15, 0.2) is 0 Å². The molecule has 0 spiro atoms. The molecule has 0 bridgehead atoms. The zero-order valence-electron chi connectivity index (χ0n) is 10.3. The maximum atomic E-state index is 5.87. The van der Waals surface area contributed by atoms with E-state index in [0.29, 0.717) is 18.8 Å². The summed E-state index contributed by atoms with van der Waals surface area (Å²) < 4.78 is 5.87. The molecule has 0 radical (unpaired) electrons. The lowest BCUT2D eigenvalue weighted by atomic mass is 10.0. The van der Waals surface area contributed by atoms with Crippen molar-refractivity contribution in [2.45, 2.75) is 31.8 Å². The van der Waals surface area contributed by atoms with Gasteiger partial charge >= 0.3 is 0 Å². The molecule has 94 valence electrons. The molecule has 1 aromatic carbocycles. The van der Waals surface area contributed by atoms with Crippen molar-refractivity contribution in [3.8, 4) is 5.75 Å². The summed E-state index contributed by atoms with van der Waals surface area (Å²) in [6.45, 7) is 4.32. The highest BCUT2D eigenvalue weighted by atomic mass is 16.5. The number of ether oxygens (including phenoxy) is 1. The summed E-state index contributed by atoms with van der Waals surface area (Å²) in [7, 11) is 0. The number of hydrogen-bond donors (Lipinski definition) is 3. The van der Waals surface area contributed by atoms with Gasteiger partial charge in [-0.2, -0.15) is 0 Å². The molecule has 2 rings (SSSR count). The minimum Gasteiger partial charge on any atom is -0.491 e. The highest BCUT2D eigenvalue weighted by molar-refractivity contribution is 5.54. The van der Waals surface area contributed by atoms with Crippen LogP contribution in [-0.4, -0.2) is 18.7 Å². The number of rotatable bonds is 4. The fraction of sp³-hybridized carbons (Fsp3) is 0.538. The van der Waals surface area contributed by atoms with Crippen LogP contribution in [0.5, 0.6) is 5.75 Å². The topological polar surface area (TPSA) is 73.3 Å². The Kier molecular flexibility index (Phi) is 3.54. The van der Waals surface area contributed by atoms with E-state index in [-0.39, 0.29) is 5.54 Å². The first kappa shape index (κ1) is 12.2. The second-order valence-corrected chi connectivity index (χ2v) is 4.91. The van der Waals surface area contributed by atoms with E-state index in [4.69, 9.17) is 16.2 Å². The highest BCUT2D eigenvalue weighted by Crippen LogP contribution is 2.26. The number of nitrogens with one attached hydrogen (secondary N) is 1. The molecule has 0 aromatic heterocycles. The van der Waals surface area contributed by atoms with Crippen molar-refractivity contribution < 1.29 is 4.74 Å². The van der Waals surface area contributed by atoms with Crippen molar-refractivity contribution in [3.63, 3.8) is 0 Å². The SMILES string of the molecule is C[C@@]1(COc2cccc(N)c2CN)CCCN1. The van der Waals surface area contributed by atoms with Crippen LogP contribution in [0.2, 0.25) is 0 Å². The first-order valence-corrected chi connectivity index (χ1v) is 6.10. The Bertz CT molecular complexity index is 386. The first-order valence-electron chi connectivity index (χ1n) is 6.10. The molecule has 1 heterocycles. The quantitative estimate of drug-likeness (QED) is 0.687. The maximum Gasteiger partial charge on any atom is 0.125 e. The number of nitrogen functional groups attached to an aromatic ring is 1. The summed E-state index contributed by atoms with van der Waals surface area (Å²) in [4.78, 5) is 0. The number of benzene rings is 1. The lowest BCUT2D eigenvalue weighted by molar-refractivity contribution is 0.211. The van der Waals surface area contributed by atoms with Crippen LogP contribution >= 0.6 is 0 Å². The van der Waals surface area contributed by atoms with Gasteiger partial charge in [0.2, 0.25) is 0 Å². The predicted octanol–water partition coefficient (Wildman–Crippen LogP) is 1.25. The first-order chi connectivity index (χ1) is 8.14. The molecule has 17 heavy (non-hydrogen) atoms. The molecule has 4 nitrogen and oxygen atoms in total. The fourth-order valence-corrected chi connectivity index (χ4v) is 2.25. The van der Waals surface area contributed by atoms with Crippen LogP contribution in [0.25, 0.3) is 0 Å². The van der Waals surface area contributed by atoms with Crippen LogP contribution in [0.15, 0.2) is 18.2 Å². The van der Waals surface area contributed by atoms with Crippen LogP contribution in [0, 0.1) is 0 Å². The molecule has 5 N–H and O–H groups in total. The zero-order valence-corrected chi connectivity index (χ0v) is 10.3. The van der Waals surface area contributed by atoms with Gasteiger partial charge in [-0.1, -0.05) is 6.07 Å². The molecular formula is C13H21N3O. The minimum absolute atomic E-state index is 0.0798. The van der Waals surface area contributed by atoms with Gasteiger partial charge in [0.1, 0.15) is 12.4 Å². The molecule has 1 aliphatic rings. The normalized spacial score (nSPS) is 23.9. The van der Waals surface area contributed by atoms with Crippen molar-refractivity contribution in [3.05, 3.63) is 23.8 Å². The lowest BCUT2D eigenvalue weighted by Crippen LogP contribution is -2.42. The van der Waals surface area contributed by atoms with Crippen LogP contribution in [0.3, 0.4) is 0 Å². The van der Waals surface area contributed by atoms with Crippen molar-refractivity contribution >= 4 is 5.69 Å². The zero-order chi connectivity index (χ0) is 12.3. The average molecular weight is 235 g/mol. The van der Waals surface area contributed by atoms with E-state index in [1.807, 2.05) is 18.2 Å².